The first kappa shape index (κ1) is 12.2. The Hall–Kier alpha value is -1.31. The van der Waals surface area contributed by atoms with E-state index in [-0.39, 0.29) is 5.91 Å². The molecule has 0 bridgehead atoms. The molecule has 1 saturated carbocycles. The largest absolute Gasteiger partial charge is 0.339 e. The van der Waals surface area contributed by atoms with Crippen LogP contribution in [-0.4, -0.2) is 23.9 Å². The van der Waals surface area contributed by atoms with Gasteiger partial charge in [0.05, 0.1) is 0 Å². The molecule has 0 aliphatic heterocycles. The summed E-state index contributed by atoms with van der Waals surface area (Å²) in [5, 5.41) is 0. The average molecular weight is 231 g/mol. The van der Waals surface area contributed by atoms with Crippen LogP contribution in [0.5, 0.6) is 0 Å². The summed E-state index contributed by atoms with van der Waals surface area (Å²) in [5.74, 6) is 0.867. The molecule has 0 radical (unpaired) electrons. The number of nitrogens with zero attached hydrogens (tertiary/aromatic N) is 1. The van der Waals surface area contributed by atoms with Crippen LogP contribution in [0, 0.1) is 5.92 Å². The van der Waals surface area contributed by atoms with E-state index in [1.54, 1.807) is 0 Å². The lowest BCUT2D eigenvalue weighted by Crippen LogP contribution is -2.36. The quantitative estimate of drug-likeness (QED) is 0.779. The Kier molecular flexibility index (Phi) is 3.51. The maximum Gasteiger partial charge on any atom is 0.253 e. The molecule has 0 saturated heterocycles. The Morgan fingerprint density at radius 1 is 1.35 bits per heavy atom. The summed E-state index contributed by atoms with van der Waals surface area (Å²) in [6.45, 7) is 4.27. The molecule has 1 atom stereocenters. The van der Waals surface area contributed by atoms with Crippen LogP contribution < -0.4 is 0 Å². The number of benzene rings is 1. The van der Waals surface area contributed by atoms with Crippen LogP contribution in [0.3, 0.4) is 0 Å². The Balaban J connectivity index is 2.06. The van der Waals surface area contributed by atoms with Gasteiger partial charge in [0.1, 0.15) is 0 Å². The average Bonchev–Trinajstić information content (AvgIpc) is 3.20. The van der Waals surface area contributed by atoms with E-state index < -0.39 is 0 Å². The highest BCUT2D eigenvalue weighted by Gasteiger charge is 2.32. The minimum absolute atomic E-state index is 0.145. The van der Waals surface area contributed by atoms with Gasteiger partial charge >= 0.3 is 0 Å². The van der Waals surface area contributed by atoms with E-state index in [0.717, 1.165) is 17.9 Å². The van der Waals surface area contributed by atoms with Crippen molar-refractivity contribution in [1.29, 1.82) is 0 Å². The van der Waals surface area contributed by atoms with Crippen LogP contribution in [0.4, 0.5) is 0 Å². The molecule has 1 aromatic carbocycles. The first-order valence-corrected chi connectivity index (χ1v) is 6.49. The second-order valence-corrected chi connectivity index (χ2v) is 5.04. The third-order valence-corrected chi connectivity index (χ3v) is 3.84. The summed E-state index contributed by atoms with van der Waals surface area (Å²) >= 11 is 0. The van der Waals surface area contributed by atoms with Crippen molar-refractivity contribution in [2.75, 3.05) is 7.05 Å². The van der Waals surface area contributed by atoms with E-state index in [1.807, 2.05) is 36.2 Å². The van der Waals surface area contributed by atoms with Gasteiger partial charge in [-0.2, -0.15) is 0 Å². The summed E-state index contributed by atoms with van der Waals surface area (Å²) in [6.07, 6.45) is 3.56. The lowest BCUT2D eigenvalue weighted by molar-refractivity contribution is 0.0727. The van der Waals surface area contributed by atoms with Crippen molar-refractivity contribution in [2.45, 2.75) is 39.2 Å². The highest BCUT2D eigenvalue weighted by atomic mass is 16.2. The highest BCUT2D eigenvalue weighted by molar-refractivity contribution is 5.94. The van der Waals surface area contributed by atoms with E-state index in [1.165, 1.54) is 18.4 Å². The number of rotatable bonds is 4. The molecule has 1 fully saturated rings. The molecule has 0 heterocycles. The zero-order valence-electron chi connectivity index (χ0n) is 10.9. The predicted molar refractivity (Wildman–Crippen MR) is 70.1 cm³/mol. The van der Waals surface area contributed by atoms with Gasteiger partial charge in [-0.25, -0.2) is 0 Å². The van der Waals surface area contributed by atoms with E-state index in [4.69, 9.17) is 0 Å². The molecule has 0 aromatic heterocycles. The van der Waals surface area contributed by atoms with E-state index >= 15 is 0 Å². The zero-order chi connectivity index (χ0) is 12.4. The van der Waals surface area contributed by atoms with Gasteiger partial charge < -0.3 is 4.90 Å². The van der Waals surface area contributed by atoms with Crippen LogP contribution >= 0.6 is 0 Å². The van der Waals surface area contributed by atoms with Crippen molar-refractivity contribution in [2.24, 2.45) is 5.92 Å². The number of carbonyl (C=O) groups is 1. The Morgan fingerprint density at radius 2 is 1.94 bits per heavy atom. The van der Waals surface area contributed by atoms with E-state index in [2.05, 4.69) is 13.8 Å². The van der Waals surface area contributed by atoms with Gasteiger partial charge in [0.2, 0.25) is 0 Å². The summed E-state index contributed by atoms with van der Waals surface area (Å²) < 4.78 is 0. The topological polar surface area (TPSA) is 20.3 Å². The van der Waals surface area contributed by atoms with E-state index in [9.17, 15) is 4.79 Å². The fourth-order valence-electron chi connectivity index (χ4n) is 2.17. The summed E-state index contributed by atoms with van der Waals surface area (Å²) in [5.41, 5.74) is 2.08. The van der Waals surface area contributed by atoms with Crippen LogP contribution in [0.25, 0.3) is 0 Å². The Bertz CT molecular complexity index is 392. The van der Waals surface area contributed by atoms with Crippen molar-refractivity contribution in [3.63, 3.8) is 0 Å². The number of amides is 1. The first-order chi connectivity index (χ1) is 8.13. The van der Waals surface area contributed by atoms with Gasteiger partial charge in [-0.05, 0) is 49.8 Å². The van der Waals surface area contributed by atoms with Gasteiger partial charge in [-0.1, -0.05) is 19.1 Å². The lowest BCUT2D eigenvalue weighted by Gasteiger charge is -2.25. The van der Waals surface area contributed by atoms with Crippen LogP contribution in [0.1, 0.15) is 42.6 Å². The molecule has 17 heavy (non-hydrogen) atoms. The zero-order valence-corrected chi connectivity index (χ0v) is 10.9. The second-order valence-electron chi connectivity index (χ2n) is 5.04. The molecule has 92 valence electrons. The minimum atomic E-state index is 0.145. The highest BCUT2D eigenvalue weighted by Crippen LogP contribution is 2.35. The standard InChI is InChI=1S/C15H21NO/c1-4-12-5-7-14(8-6-12)15(17)16(3)11(2)13-9-10-13/h5-8,11,13H,4,9-10H2,1-3H3. The lowest BCUT2D eigenvalue weighted by atomic mass is 10.1. The molecule has 1 aromatic rings. The maximum absolute atomic E-state index is 12.2. The molecule has 2 heteroatoms. The predicted octanol–water partition coefficient (Wildman–Crippen LogP) is 3.12. The van der Waals surface area contributed by atoms with Crippen LogP contribution in [-0.2, 0) is 6.42 Å². The van der Waals surface area contributed by atoms with Gasteiger partial charge in [0.25, 0.3) is 5.91 Å². The number of hydrogen-bond donors (Lipinski definition) is 0. The second kappa shape index (κ2) is 4.91. The summed E-state index contributed by atoms with van der Waals surface area (Å²) in [4.78, 5) is 14.1. The fourth-order valence-corrected chi connectivity index (χ4v) is 2.17. The minimum Gasteiger partial charge on any atom is -0.339 e. The van der Waals surface area contributed by atoms with E-state index in [0.29, 0.717) is 6.04 Å². The first-order valence-electron chi connectivity index (χ1n) is 6.49. The summed E-state index contributed by atoms with van der Waals surface area (Å²) in [6, 6.07) is 8.34. The Morgan fingerprint density at radius 3 is 2.41 bits per heavy atom. The van der Waals surface area contributed by atoms with Crippen molar-refractivity contribution in [3.8, 4) is 0 Å². The smallest absolute Gasteiger partial charge is 0.253 e. The molecule has 2 rings (SSSR count). The van der Waals surface area contributed by atoms with Crippen molar-refractivity contribution < 1.29 is 4.79 Å². The molecule has 0 N–H and O–H groups in total. The van der Waals surface area contributed by atoms with Crippen molar-refractivity contribution in [1.82, 2.24) is 4.90 Å². The van der Waals surface area contributed by atoms with Crippen LogP contribution in [0.15, 0.2) is 24.3 Å². The molecular formula is C15H21NO. The van der Waals surface area contributed by atoms with Gasteiger partial charge in [0, 0.05) is 18.7 Å². The molecule has 1 unspecified atom stereocenters. The SMILES string of the molecule is CCc1ccc(C(=O)N(C)C(C)C2CC2)cc1. The molecule has 1 aliphatic rings. The third kappa shape index (κ3) is 2.68. The fraction of sp³-hybridized carbons (Fsp3) is 0.533. The summed E-state index contributed by atoms with van der Waals surface area (Å²) in [7, 11) is 1.92. The van der Waals surface area contributed by atoms with Crippen molar-refractivity contribution >= 4 is 5.91 Å². The molecule has 2 nitrogen and oxygen atoms in total. The number of hydrogen-bond acceptors (Lipinski definition) is 1. The van der Waals surface area contributed by atoms with Gasteiger partial charge in [-0.15, -0.1) is 0 Å². The Labute approximate surface area is 104 Å². The van der Waals surface area contributed by atoms with Gasteiger partial charge in [0.15, 0.2) is 0 Å². The molecule has 1 amide bonds. The normalized spacial score (nSPS) is 16.6. The monoisotopic (exact) mass is 231 g/mol. The maximum atomic E-state index is 12.2. The molecule has 1 aliphatic carbocycles. The number of aryl methyl sites for hydroxylation is 1. The van der Waals surface area contributed by atoms with Crippen LogP contribution in [0.2, 0.25) is 0 Å². The molecule has 0 spiro atoms. The molecular weight excluding hydrogens is 210 g/mol. The number of carbonyl (C=O) groups excluding carboxylic acids is 1. The third-order valence-electron chi connectivity index (χ3n) is 3.84. The van der Waals surface area contributed by atoms with Crippen molar-refractivity contribution in [3.05, 3.63) is 35.4 Å². The van der Waals surface area contributed by atoms with Gasteiger partial charge in [-0.3, -0.25) is 4.79 Å².